The van der Waals surface area contributed by atoms with Gasteiger partial charge in [-0.05, 0) is 0 Å². The lowest BCUT2D eigenvalue weighted by Crippen LogP contribution is -2.01. The molecule has 0 unspecified atom stereocenters. The molecule has 0 radical (unpaired) electrons. The number of hydrogen-bond donors (Lipinski definition) is 0. The zero-order valence-electron chi connectivity index (χ0n) is 7.92. The lowest BCUT2D eigenvalue weighted by Gasteiger charge is -1.98. The van der Waals surface area contributed by atoms with Crippen molar-refractivity contribution >= 4 is 28.9 Å². The smallest absolute Gasteiger partial charge is 0.173 e. The van der Waals surface area contributed by atoms with E-state index in [4.69, 9.17) is 0 Å². The molecule has 0 aliphatic carbocycles. The standard InChI is InChI=1S/C11H9NOS2/c13-10(9-4-2-1-3-5-9)8-15-11-12-6-7-14-11/h1-7H,8H2. The van der Waals surface area contributed by atoms with E-state index < -0.39 is 0 Å². The normalized spacial score (nSPS) is 10.1. The Hall–Kier alpha value is -1.13. The maximum absolute atomic E-state index is 11.7. The average molecular weight is 235 g/mol. The number of nitrogens with zero attached hydrogens (tertiary/aromatic N) is 1. The van der Waals surface area contributed by atoms with Gasteiger partial charge in [0.15, 0.2) is 5.78 Å². The number of thiazole rings is 1. The summed E-state index contributed by atoms with van der Waals surface area (Å²) >= 11 is 3.05. The molecule has 0 aliphatic rings. The number of benzene rings is 1. The fourth-order valence-electron chi connectivity index (χ4n) is 1.12. The van der Waals surface area contributed by atoms with Gasteiger partial charge in [-0.25, -0.2) is 4.98 Å². The van der Waals surface area contributed by atoms with Gasteiger partial charge in [0.05, 0.1) is 5.75 Å². The number of thioether (sulfide) groups is 1. The summed E-state index contributed by atoms with van der Waals surface area (Å²) in [7, 11) is 0. The molecule has 0 amide bonds. The molecule has 0 saturated heterocycles. The van der Waals surface area contributed by atoms with E-state index in [1.807, 2.05) is 35.7 Å². The Morgan fingerprint density at radius 2 is 2.13 bits per heavy atom. The fourth-order valence-corrected chi connectivity index (χ4v) is 2.65. The van der Waals surface area contributed by atoms with Gasteiger partial charge in [0, 0.05) is 17.1 Å². The Morgan fingerprint density at radius 3 is 2.80 bits per heavy atom. The highest BCUT2D eigenvalue weighted by atomic mass is 32.2. The van der Waals surface area contributed by atoms with Gasteiger partial charge in [-0.3, -0.25) is 4.79 Å². The molecule has 76 valence electrons. The first-order valence-electron chi connectivity index (χ1n) is 4.47. The summed E-state index contributed by atoms with van der Waals surface area (Å²) in [5.41, 5.74) is 0.765. The number of carbonyl (C=O) groups excluding carboxylic acids is 1. The molecule has 0 N–H and O–H groups in total. The van der Waals surface area contributed by atoms with E-state index in [1.165, 1.54) is 11.8 Å². The molecule has 0 atom stereocenters. The van der Waals surface area contributed by atoms with Gasteiger partial charge in [0.1, 0.15) is 4.34 Å². The minimum atomic E-state index is 0.149. The zero-order chi connectivity index (χ0) is 10.5. The summed E-state index contributed by atoms with van der Waals surface area (Å²) in [6, 6.07) is 9.34. The Morgan fingerprint density at radius 1 is 1.33 bits per heavy atom. The van der Waals surface area contributed by atoms with Crippen molar-refractivity contribution < 1.29 is 4.79 Å². The summed E-state index contributed by atoms with van der Waals surface area (Å²) in [6.07, 6.45) is 1.75. The molecule has 1 aromatic carbocycles. The van der Waals surface area contributed by atoms with Crippen LogP contribution in [0.5, 0.6) is 0 Å². The number of aromatic nitrogens is 1. The number of Topliss-reactive ketones (excluding diaryl/α,β-unsaturated/α-hetero) is 1. The number of ketones is 1. The minimum Gasteiger partial charge on any atom is -0.293 e. The average Bonchev–Trinajstić information content (AvgIpc) is 2.80. The molecule has 0 fully saturated rings. The Labute approximate surface area is 96.4 Å². The van der Waals surface area contributed by atoms with E-state index in [-0.39, 0.29) is 5.78 Å². The van der Waals surface area contributed by atoms with Crippen molar-refractivity contribution in [2.45, 2.75) is 4.34 Å². The first-order valence-corrected chi connectivity index (χ1v) is 6.33. The third kappa shape index (κ3) is 2.91. The van der Waals surface area contributed by atoms with E-state index in [9.17, 15) is 4.79 Å². The van der Waals surface area contributed by atoms with Crippen molar-refractivity contribution in [1.29, 1.82) is 0 Å². The Balaban J connectivity index is 1.94. The molecule has 2 aromatic rings. The van der Waals surface area contributed by atoms with Crippen molar-refractivity contribution in [3.8, 4) is 0 Å². The van der Waals surface area contributed by atoms with Crippen LogP contribution in [0.25, 0.3) is 0 Å². The second-order valence-electron chi connectivity index (χ2n) is 2.88. The van der Waals surface area contributed by atoms with Crippen LogP contribution in [-0.4, -0.2) is 16.5 Å². The molecule has 0 bridgehead atoms. The number of hydrogen-bond acceptors (Lipinski definition) is 4. The van der Waals surface area contributed by atoms with Crippen molar-refractivity contribution in [2.24, 2.45) is 0 Å². The monoisotopic (exact) mass is 235 g/mol. The maximum Gasteiger partial charge on any atom is 0.173 e. The topological polar surface area (TPSA) is 30.0 Å². The van der Waals surface area contributed by atoms with Crippen molar-refractivity contribution in [3.63, 3.8) is 0 Å². The van der Waals surface area contributed by atoms with Crippen LogP contribution >= 0.6 is 23.1 Å². The molecule has 2 rings (SSSR count). The molecular weight excluding hydrogens is 226 g/mol. The van der Waals surface area contributed by atoms with Gasteiger partial charge in [-0.15, -0.1) is 11.3 Å². The molecule has 0 spiro atoms. The van der Waals surface area contributed by atoms with E-state index in [2.05, 4.69) is 4.98 Å². The van der Waals surface area contributed by atoms with Crippen LogP contribution < -0.4 is 0 Å². The van der Waals surface area contributed by atoms with Gasteiger partial charge in [0.25, 0.3) is 0 Å². The van der Waals surface area contributed by atoms with Crippen LogP contribution in [0.2, 0.25) is 0 Å². The Kier molecular flexibility index (Phi) is 3.53. The molecule has 4 heteroatoms. The van der Waals surface area contributed by atoms with Crippen molar-refractivity contribution in [3.05, 3.63) is 47.5 Å². The molecule has 2 nitrogen and oxygen atoms in total. The van der Waals surface area contributed by atoms with Crippen LogP contribution in [0.4, 0.5) is 0 Å². The molecule has 1 heterocycles. The Bertz CT molecular complexity index is 425. The SMILES string of the molecule is O=C(CSc1nccs1)c1ccccc1. The molecular formula is C11H9NOS2. The molecule has 0 saturated carbocycles. The summed E-state index contributed by atoms with van der Waals surface area (Å²) in [4.78, 5) is 15.8. The van der Waals surface area contributed by atoms with Gasteiger partial charge in [0.2, 0.25) is 0 Å². The van der Waals surface area contributed by atoms with E-state index in [1.54, 1.807) is 17.5 Å². The molecule has 1 aromatic heterocycles. The first-order chi connectivity index (χ1) is 7.36. The number of rotatable bonds is 4. The number of carbonyl (C=O) groups is 1. The van der Waals surface area contributed by atoms with Crippen LogP contribution in [0.1, 0.15) is 10.4 Å². The van der Waals surface area contributed by atoms with Crippen molar-refractivity contribution in [1.82, 2.24) is 4.98 Å². The summed E-state index contributed by atoms with van der Waals surface area (Å²) in [5, 5.41) is 1.91. The van der Waals surface area contributed by atoms with Crippen LogP contribution in [0.15, 0.2) is 46.2 Å². The van der Waals surface area contributed by atoms with Gasteiger partial charge in [-0.1, -0.05) is 42.1 Å². The largest absolute Gasteiger partial charge is 0.293 e. The third-order valence-corrected chi connectivity index (χ3v) is 3.80. The first kappa shape index (κ1) is 10.4. The van der Waals surface area contributed by atoms with E-state index in [0.29, 0.717) is 5.75 Å². The van der Waals surface area contributed by atoms with Crippen LogP contribution in [0, 0.1) is 0 Å². The predicted octanol–water partition coefficient (Wildman–Crippen LogP) is 3.12. The minimum absolute atomic E-state index is 0.149. The van der Waals surface area contributed by atoms with Crippen LogP contribution in [0.3, 0.4) is 0 Å². The zero-order valence-corrected chi connectivity index (χ0v) is 9.55. The summed E-state index contributed by atoms with van der Waals surface area (Å²) in [6.45, 7) is 0. The van der Waals surface area contributed by atoms with Gasteiger partial charge < -0.3 is 0 Å². The summed E-state index contributed by atoms with van der Waals surface area (Å²) in [5.74, 6) is 0.605. The quantitative estimate of drug-likeness (QED) is 0.602. The second kappa shape index (κ2) is 5.09. The summed E-state index contributed by atoms with van der Waals surface area (Å²) < 4.78 is 0.944. The lowest BCUT2D eigenvalue weighted by molar-refractivity contribution is 0.102. The molecule has 0 aliphatic heterocycles. The predicted molar refractivity (Wildman–Crippen MR) is 63.6 cm³/mol. The highest BCUT2D eigenvalue weighted by Gasteiger charge is 2.06. The lowest BCUT2D eigenvalue weighted by atomic mass is 10.2. The maximum atomic E-state index is 11.7. The highest BCUT2D eigenvalue weighted by Crippen LogP contribution is 2.21. The van der Waals surface area contributed by atoms with Crippen molar-refractivity contribution in [2.75, 3.05) is 5.75 Å². The fraction of sp³-hybridized carbons (Fsp3) is 0.0909. The van der Waals surface area contributed by atoms with Gasteiger partial charge >= 0.3 is 0 Å². The van der Waals surface area contributed by atoms with Gasteiger partial charge in [-0.2, -0.15) is 0 Å². The van der Waals surface area contributed by atoms with E-state index in [0.717, 1.165) is 9.90 Å². The second-order valence-corrected chi connectivity index (χ2v) is 4.99. The molecule has 15 heavy (non-hydrogen) atoms. The van der Waals surface area contributed by atoms with E-state index >= 15 is 0 Å². The van der Waals surface area contributed by atoms with Crippen LogP contribution in [-0.2, 0) is 0 Å². The third-order valence-electron chi connectivity index (χ3n) is 1.83. The highest BCUT2D eigenvalue weighted by molar-refractivity contribution is 8.01.